The molecular weight excluding hydrogens is 340 g/mol. The standard InChI is InChI=1S/C22H30N2O3/c1-15-9-16(2)11-20(10-15)27-14-19(25)12-24(5)13-21(26)23-22-17(3)7-6-8-18(22)4/h6-11,19,25H,12-14H2,1-5H3,(H,23,26)/t19-/m1/s1. The number of nitrogens with zero attached hydrogens (tertiary/aromatic N) is 1. The van der Waals surface area contributed by atoms with Crippen molar-refractivity contribution in [2.24, 2.45) is 0 Å². The van der Waals surface area contributed by atoms with E-state index in [0.29, 0.717) is 6.54 Å². The third kappa shape index (κ3) is 6.70. The van der Waals surface area contributed by atoms with Gasteiger partial charge in [0.25, 0.3) is 0 Å². The van der Waals surface area contributed by atoms with Crippen LogP contribution in [0.3, 0.4) is 0 Å². The number of rotatable bonds is 8. The van der Waals surface area contributed by atoms with Crippen molar-refractivity contribution in [2.45, 2.75) is 33.8 Å². The fourth-order valence-corrected chi connectivity index (χ4v) is 3.12. The van der Waals surface area contributed by atoms with Crippen LogP contribution in [0.5, 0.6) is 5.75 Å². The number of likely N-dealkylation sites (N-methyl/N-ethyl adjacent to an activating group) is 1. The minimum Gasteiger partial charge on any atom is -0.491 e. The van der Waals surface area contributed by atoms with Crippen molar-refractivity contribution in [1.29, 1.82) is 0 Å². The fourth-order valence-electron chi connectivity index (χ4n) is 3.12. The van der Waals surface area contributed by atoms with E-state index in [9.17, 15) is 9.90 Å². The number of hydrogen-bond acceptors (Lipinski definition) is 4. The molecule has 0 spiro atoms. The van der Waals surface area contributed by atoms with Crippen LogP contribution in [0.2, 0.25) is 0 Å². The van der Waals surface area contributed by atoms with Gasteiger partial charge in [0.15, 0.2) is 0 Å². The Hall–Kier alpha value is -2.37. The Labute approximate surface area is 162 Å². The van der Waals surface area contributed by atoms with E-state index in [1.165, 1.54) is 0 Å². The SMILES string of the molecule is Cc1cc(C)cc(OC[C@H](O)CN(C)CC(=O)Nc2c(C)cccc2C)c1. The van der Waals surface area contributed by atoms with Gasteiger partial charge in [-0.2, -0.15) is 0 Å². The summed E-state index contributed by atoms with van der Waals surface area (Å²) in [5.41, 5.74) is 5.18. The zero-order chi connectivity index (χ0) is 20.0. The van der Waals surface area contributed by atoms with E-state index >= 15 is 0 Å². The van der Waals surface area contributed by atoms with Gasteiger partial charge >= 0.3 is 0 Å². The van der Waals surface area contributed by atoms with Crippen molar-refractivity contribution in [3.63, 3.8) is 0 Å². The van der Waals surface area contributed by atoms with Crippen molar-refractivity contribution in [3.05, 3.63) is 58.7 Å². The van der Waals surface area contributed by atoms with Crippen LogP contribution in [0, 0.1) is 27.7 Å². The van der Waals surface area contributed by atoms with Crippen molar-refractivity contribution in [3.8, 4) is 5.75 Å². The van der Waals surface area contributed by atoms with Gasteiger partial charge < -0.3 is 15.2 Å². The van der Waals surface area contributed by atoms with Crippen LogP contribution < -0.4 is 10.1 Å². The second-order valence-electron chi connectivity index (χ2n) is 7.30. The van der Waals surface area contributed by atoms with Gasteiger partial charge in [-0.3, -0.25) is 9.69 Å². The first-order valence-electron chi connectivity index (χ1n) is 9.18. The maximum Gasteiger partial charge on any atom is 0.238 e. The topological polar surface area (TPSA) is 61.8 Å². The Kier molecular flexibility index (Phi) is 7.39. The molecule has 2 rings (SSSR count). The third-order valence-corrected chi connectivity index (χ3v) is 4.32. The van der Waals surface area contributed by atoms with E-state index in [1.807, 2.05) is 65.1 Å². The Morgan fingerprint density at radius 3 is 2.30 bits per heavy atom. The van der Waals surface area contributed by atoms with E-state index in [2.05, 4.69) is 11.4 Å². The monoisotopic (exact) mass is 370 g/mol. The molecule has 1 amide bonds. The molecule has 0 radical (unpaired) electrons. The van der Waals surface area contributed by atoms with Crippen LogP contribution in [0.15, 0.2) is 36.4 Å². The van der Waals surface area contributed by atoms with Crippen molar-refractivity contribution >= 4 is 11.6 Å². The smallest absolute Gasteiger partial charge is 0.238 e. The van der Waals surface area contributed by atoms with Gasteiger partial charge in [0.05, 0.1) is 6.54 Å². The van der Waals surface area contributed by atoms with E-state index in [-0.39, 0.29) is 19.1 Å². The van der Waals surface area contributed by atoms with Crippen LogP contribution in [-0.4, -0.2) is 48.8 Å². The molecule has 2 N–H and O–H groups in total. The number of amides is 1. The van der Waals surface area contributed by atoms with Crippen LogP contribution in [0.25, 0.3) is 0 Å². The first-order chi connectivity index (χ1) is 12.7. The number of aliphatic hydroxyl groups is 1. The molecular formula is C22H30N2O3. The van der Waals surface area contributed by atoms with Crippen LogP contribution in [0.4, 0.5) is 5.69 Å². The number of ether oxygens (including phenoxy) is 1. The van der Waals surface area contributed by atoms with Gasteiger partial charge in [-0.15, -0.1) is 0 Å². The molecule has 0 aromatic heterocycles. The quantitative estimate of drug-likeness (QED) is 0.749. The molecule has 0 saturated heterocycles. The predicted molar refractivity (Wildman–Crippen MR) is 109 cm³/mol. The molecule has 0 aliphatic carbocycles. The van der Waals surface area contributed by atoms with Crippen molar-refractivity contribution < 1.29 is 14.6 Å². The van der Waals surface area contributed by atoms with Crippen LogP contribution in [-0.2, 0) is 4.79 Å². The molecule has 0 bridgehead atoms. The van der Waals surface area contributed by atoms with Gasteiger partial charge in [-0.25, -0.2) is 0 Å². The lowest BCUT2D eigenvalue weighted by Crippen LogP contribution is -2.38. The highest BCUT2D eigenvalue weighted by molar-refractivity contribution is 5.93. The van der Waals surface area contributed by atoms with E-state index in [1.54, 1.807) is 4.90 Å². The number of anilines is 1. The van der Waals surface area contributed by atoms with Gasteiger partial charge in [0, 0.05) is 12.2 Å². The summed E-state index contributed by atoms with van der Waals surface area (Å²) in [6.45, 7) is 8.71. The summed E-state index contributed by atoms with van der Waals surface area (Å²) in [4.78, 5) is 14.1. The van der Waals surface area contributed by atoms with Crippen LogP contribution in [0.1, 0.15) is 22.3 Å². The Balaban J connectivity index is 1.80. The Bertz CT molecular complexity index is 749. The number of para-hydroxylation sites is 1. The molecule has 0 heterocycles. The molecule has 0 fully saturated rings. The highest BCUT2D eigenvalue weighted by Crippen LogP contribution is 2.19. The summed E-state index contributed by atoms with van der Waals surface area (Å²) in [5, 5.41) is 13.2. The molecule has 27 heavy (non-hydrogen) atoms. The van der Waals surface area contributed by atoms with E-state index in [4.69, 9.17) is 4.74 Å². The van der Waals surface area contributed by atoms with Gasteiger partial charge in [-0.1, -0.05) is 24.3 Å². The average molecular weight is 370 g/mol. The number of aryl methyl sites for hydroxylation is 4. The lowest BCUT2D eigenvalue weighted by atomic mass is 10.1. The minimum atomic E-state index is -0.677. The zero-order valence-corrected chi connectivity index (χ0v) is 16.9. The van der Waals surface area contributed by atoms with Crippen LogP contribution >= 0.6 is 0 Å². The minimum absolute atomic E-state index is 0.0997. The van der Waals surface area contributed by atoms with Gasteiger partial charge in [0.1, 0.15) is 18.5 Å². The summed E-state index contributed by atoms with van der Waals surface area (Å²) >= 11 is 0. The first-order valence-corrected chi connectivity index (χ1v) is 9.18. The summed E-state index contributed by atoms with van der Waals surface area (Å²) in [6, 6.07) is 11.9. The number of benzene rings is 2. The molecule has 0 aliphatic rings. The molecule has 0 aliphatic heterocycles. The molecule has 0 unspecified atom stereocenters. The average Bonchev–Trinajstić information content (AvgIpc) is 2.55. The normalized spacial score (nSPS) is 12.1. The molecule has 146 valence electrons. The Morgan fingerprint density at radius 1 is 1.11 bits per heavy atom. The van der Waals surface area contributed by atoms with E-state index < -0.39 is 6.10 Å². The summed E-state index contributed by atoms with van der Waals surface area (Å²) in [7, 11) is 1.81. The summed E-state index contributed by atoms with van der Waals surface area (Å²) in [5.74, 6) is 0.652. The van der Waals surface area contributed by atoms with E-state index in [0.717, 1.165) is 33.7 Å². The maximum atomic E-state index is 12.3. The lowest BCUT2D eigenvalue weighted by molar-refractivity contribution is -0.117. The van der Waals surface area contributed by atoms with Gasteiger partial charge in [0.2, 0.25) is 5.91 Å². The maximum absolute atomic E-state index is 12.3. The zero-order valence-electron chi connectivity index (χ0n) is 16.9. The number of nitrogens with one attached hydrogen (secondary N) is 1. The Morgan fingerprint density at radius 2 is 1.70 bits per heavy atom. The van der Waals surface area contributed by atoms with Crippen molar-refractivity contribution in [1.82, 2.24) is 4.90 Å². The fraction of sp³-hybridized carbons (Fsp3) is 0.409. The molecule has 2 aromatic carbocycles. The largest absolute Gasteiger partial charge is 0.491 e. The number of carbonyl (C=O) groups is 1. The third-order valence-electron chi connectivity index (χ3n) is 4.32. The van der Waals surface area contributed by atoms with Crippen molar-refractivity contribution in [2.75, 3.05) is 32.1 Å². The second kappa shape index (κ2) is 9.53. The first kappa shape index (κ1) is 20.9. The second-order valence-corrected chi connectivity index (χ2v) is 7.30. The highest BCUT2D eigenvalue weighted by atomic mass is 16.5. The van der Waals surface area contributed by atoms with Gasteiger partial charge in [-0.05, 0) is 69.1 Å². The molecule has 1 atom stereocenters. The number of carbonyl (C=O) groups excluding carboxylic acids is 1. The highest BCUT2D eigenvalue weighted by Gasteiger charge is 2.14. The molecule has 5 nitrogen and oxygen atoms in total. The molecule has 5 heteroatoms. The predicted octanol–water partition coefficient (Wildman–Crippen LogP) is 3.23. The molecule has 2 aromatic rings. The number of aliphatic hydroxyl groups excluding tert-OH is 1. The summed E-state index contributed by atoms with van der Waals surface area (Å²) in [6.07, 6.45) is -0.677. The molecule has 0 saturated carbocycles. The summed E-state index contributed by atoms with van der Waals surface area (Å²) < 4.78 is 5.69. The number of hydrogen-bond donors (Lipinski definition) is 2. The lowest BCUT2D eigenvalue weighted by Gasteiger charge is -2.21.